The Morgan fingerprint density at radius 1 is 0.900 bits per heavy atom. The van der Waals surface area contributed by atoms with Gasteiger partial charge >= 0.3 is 11.9 Å². The van der Waals surface area contributed by atoms with Crippen molar-refractivity contribution in [2.75, 3.05) is 13.2 Å². The molecule has 1 atom stereocenters. The van der Waals surface area contributed by atoms with Crippen LogP contribution in [-0.2, 0) is 19.1 Å². The fourth-order valence-corrected chi connectivity index (χ4v) is 1.38. The summed E-state index contributed by atoms with van der Waals surface area (Å²) in [4.78, 5) is 21.5. The minimum atomic E-state index is -0.0833. The summed E-state index contributed by atoms with van der Waals surface area (Å²) < 4.78 is 9.54. The van der Waals surface area contributed by atoms with Gasteiger partial charge in [0.25, 0.3) is 0 Å². The average Bonchev–Trinajstić information content (AvgIpc) is 2.44. The molecule has 0 spiro atoms. The van der Waals surface area contributed by atoms with Crippen LogP contribution in [0.2, 0.25) is 0 Å². The maximum absolute atomic E-state index is 10.8. The Kier molecular flexibility index (Phi) is 17.0. The fourth-order valence-electron chi connectivity index (χ4n) is 1.38. The molecular weight excluding hydrogens is 256 g/mol. The highest BCUT2D eigenvalue weighted by molar-refractivity contribution is 5.71. The van der Waals surface area contributed by atoms with Gasteiger partial charge in [0.2, 0.25) is 0 Å². The summed E-state index contributed by atoms with van der Waals surface area (Å²) in [6.45, 7) is 10.7. The number of hydrogen-bond donors (Lipinski definition) is 0. The molecule has 0 saturated carbocycles. The van der Waals surface area contributed by atoms with Crippen LogP contribution in [-0.4, -0.2) is 25.2 Å². The van der Waals surface area contributed by atoms with Gasteiger partial charge in [0.15, 0.2) is 0 Å². The highest BCUT2D eigenvalue weighted by Gasteiger charge is 2.09. The van der Waals surface area contributed by atoms with E-state index in [1.54, 1.807) is 0 Å². The molecule has 0 saturated heterocycles. The van der Waals surface area contributed by atoms with Crippen LogP contribution in [0.15, 0.2) is 0 Å². The van der Waals surface area contributed by atoms with E-state index in [1.165, 1.54) is 12.8 Å². The first-order valence-electron chi connectivity index (χ1n) is 7.85. The minimum absolute atomic E-state index is 0.0522. The maximum atomic E-state index is 10.8. The van der Waals surface area contributed by atoms with Gasteiger partial charge in [-0.2, -0.15) is 0 Å². The first kappa shape index (κ1) is 21.2. The summed E-state index contributed by atoms with van der Waals surface area (Å²) in [7, 11) is 0. The minimum Gasteiger partial charge on any atom is -0.466 e. The van der Waals surface area contributed by atoms with Crippen LogP contribution in [0.4, 0.5) is 0 Å². The molecule has 0 fully saturated rings. The van der Waals surface area contributed by atoms with Crippen molar-refractivity contribution in [3.05, 3.63) is 0 Å². The van der Waals surface area contributed by atoms with E-state index < -0.39 is 0 Å². The highest BCUT2D eigenvalue weighted by Crippen LogP contribution is 2.03. The molecule has 1 unspecified atom stereocenters. The lowest BCUT2D eigenvalue weighted by molar-refractivity contribution is -0.147. The van der Waals surface area contributed by atoms with Crippen molar-refractivity contribution in [3.63, 3.8) is 0 Å². The number of carbonyl (C=O) groups excluding carboxylic acids is 2. The zero-order chi connectivity index (χ0) is 15.8. The molecule has 0 aromatic rings. The zero-order valence-electron chi connectivity index (χ0n) is 13.9. The third kappa shape index (κ3) is 15.0. The molecule has 0 N–H and O–H groups in total. The number of rotatable bonds is 9. The Morgan fingerprint density at radius 3 is 1.95 bits per heavy atom. The molecule has 4 heteroatoms. The second-order valence-corrected chi connectivity index (χ2v) is 4.68. The zero-order valence-corrected chi connectivity index (χ0v) is 13.9. The molecule has 120 valence electrons. The molecule has 20 heavy (non-hydrogen) atoms. The largest absolute Gasteiger partial charge is 0.466 e. The second-order valence-electron chi connectivity index (χ2n) is 4.68. The molecule has 0 bridgehead atoms. The monoisotopic (exact) mass is 288 g/mol. The van der Waals surface area contributed by atoms with Crippen LogP contribution < -0.4 is 0 Å². The van der Waals surface area contributed by atoms with Crippen molar-refractivity contribution < 1.29 is 19.1 Å². The summed E-state index contributed by atoms with van der Waals surface area (Å²) in [5, 5.41) is 0. The Hall–Kier alpha value is -1.06. The molecule has 0 radical (unpaired) electrons. The van der Waals surface area contributed by atoms with Crippen LogP contribution in [0.5, 0.6) is 0 Å². The van der Waals surface area contributed by atoms with Crippen molar-refractivity contribution in [3.8, 4) is 0 Å². The van der Waals surface area contributed by atoms with E-state index in [1.807, 2.05) is 27.7 Å². The average molecular weight is 288 g/mol. The number of hydrogen-bond acceptors (Lipinski definition) is 4. The van der Waals surface area contributed by atoms with Crippen molar-refractivity contribution in [1.29, 1.82) is 0 Å². The lowest BCUT2D eigenvalue weighted by atomic mass is 10.1. The molecule has 0 heterocycles. The third-order valence-electron chi connectivity index (χ3n) is 2.84. The molecule has 0 aliphatic rings. The summed E-state index contributed by atoms with van der Waals surface area (Å²) >= 11 is 0. The van der Waals surface area contributed by atoms with Crippen LogP contribution >= 0.6 is 0 Å². The third-order valence-corrected chi connectivity index (χ3v) is 2.84. The summed E-state index contributed by atoms with van der Waals surface area (Å²) in [5.74, 6) is -0.0754. The van der Waals surface area contributed by atoms with E-state index in [-0.39, 0.29) is 17.9 Å². The Morgan fingerprint density at radius 2 is 1.50 bits per heavy atom. The number of ether oxygens (including phenoxy) is 2. The molecule has 0 aliphatic carbocycles. The summed E-state index contributed by atoms with van der Waals surface area (Å²) in [6, 6.07) is 0. The lowest BCUT2D eigenvalue weighted by Gasteiger charge is -2.05. The molecule has 0 rings (SSSR count). The summed E-state index contributed by atoms with van der Waals surface area (Å²) in [5.41, 5.74) is 0. The predicted molar refractivity (Wildman–Crippen MR) is 81.5 cm³/mol. The van der Waals surface area contributed by atoms with Gasteiger partial charge in [0.05, 0.1) is 19.1 Å². The van der Waals surface area contributed by atoms with Crippen LogP contribution in [0.3, 0.4) is 0 Å². The Balaban J connectivity index is 0. The van der Waals surface area contributed by atoms with Crippen LogP contribution in [0.1, 0.15) is 73.1 Å². The van der Waals surface area contributed by atoms with Gasteiger partial charge in [0, 0.05) is 6.42 Å². The molecule has 4 nitrogen and oxygen atoms in total. The van der Waals surface area contributed by atoms with E-state index >= 15 is 0 Å². The lowest BCUT2D eigenvalue weighted by Crippen LogP contribution is -2.13. The quantitative estimate of drug-likeness (QED) is 0.473. The normalized spacial score (nSPS) is 11.1. The summed E-state index contributed by atoms with van der Waals surface area (Å²) in [6.07, 6.45) is 6.01. The van der Waals surface area contributed by atoms with Gasteiger partial charge in [-0.05, 0) is 26.7 Å². The van der Waals surface area contributed by atoms with Gasteiger partial charge in [-0.15, -0.1) is 0 Å². The van der Waals surface area contributed by atoms with Gasteiger partial charge < -0.3 is 9.47 Å². The smallest absolute Gasteiger partial charge is 0.308 e. The topological polar surface area (TPSA) is 52.6 Å². The first-order chi connectivity index (χ1) is 9.53. The van der Waals surface area contributed by atoms with Gasteiger partial charge in [-0.3, -0.25) is 9.59 Å². The van der Waals surface area contributed by atoms with E-state index in [2.05, 4.69) is 6.92 Å². The highest BCUT2D eigenvalue weighted by atomic mass is 16.5. The van der Waals surface area contributed by atoms with Gasteiger partial charge in [-0.25, -0.2) is 0 Å². The van der Waals surface area contributed by atoms with Crippen LogP contribution in [0, 0.1) is 5.92 Å². The Bertz CT molecular complexity index is 239. The number of carbonyl (C=O) groups is 2. The molecule has 0 amide bonds. The van der Waals surface area contributed by atoms with Crippen LogP contribution in [0.25, 0.3) is 0 Å². The van der Waals surface area contributed by atoms with Crippen molar-refractivity contribution in [2.45, 2.75) is 73.1 Å². The predicted octanol–water partition coefficient (Wildman–Crippen LogP) is 4.12. The van der Waals surface area contributed by atoms with Crippen molar-refractivity contribution in [1.82, 2.24) is 0 Å². The number of esters is 2. The van der Waals surface area contributed by atoms with Gasteiger partial charge in [-0.1, -0.05) is 40.0 Å². The SMILES string of the molecule is CCCCCCC(=O)OCC.CCOC(=O)C(C)CC. The fraction of sp³-hybridized carbons (Fsp3) is 0.875. The standard InChI is InChI=1S/C9H18O2.C7H14O2/c1-3-5-6-7-8-9(10)11-4-2;1-4-6(3)7(8)9-5-2/h3-8H2,1-2H3;6H,4-5H2,1-3H3. The first-order valence-corrected chi connectivity index (χ1v) is 7.85. The van der Waals surface area contributed by atoms with Gasteiger partial charge in [0.1, 0.15) is 0 Å². The van der Waals surface area contributed by atoms with Crippen molar-refractivity contribution in [2.24, 2.45) is 5.92 Å². The van der Waals surface area contributed by atoms with E-state index in [0.29, 0.717) is 19.6 Å². The maximum Gasteiger partial charge on any atom is 0.308 e. The van der Waals surface area contributed by atoms with E-state index in [0.717, 1.165) is 19.3 Å². The Labute approximate surface area is 124 Å². The molecule has 0 aliphatic heterocycles. The second kappa shape index (κ2) is 16.0. The molecule has 0 aromatic carbocycles. The molecule has 0 aromatic heterocycles. The number of unbranched alkanes of at least 4 members (excludes halogenated alkanes) is 3. The van der Waals surface area contributed by atoms with E-state index in [4.69, 9.17) is 9.47 Å². The van der Waals surface area contributed by atoms with Crippen molar-refractivity contribution >= 4 is 11.9 Å². The molecular formula is C16H32O4. The van der Waals surface area contributed by atoms with E-state index in [9.17, 15) is 9.59 Å².